The van der Waals surface area contributed by atoms with Gasteiger partial charge in [-0.3, -0.25) is 9.89 Å². The maximum Gasteiger partial charge on any atom is 0.324 e. The minimum absolute atomic E-state index is 0.0573. The number of rotatable bonds is 1. The molecule has 2 amide bonds. The number of benzodiazepines with no additional fused rings is 1. The molecule has 1 aliphatic rings. The van der Waals surface area contributed by atoms with Gasteiger partial charge in [0.05, 0.1) is 17.9 Å². The molecule has 0 N–H and O–H groups in total. The van der Waals surface area contributed by atoms with Crippen LogP contribution in [0.15, 0.2) is 53.5 Å². The monoisotopic (exact) mass is 327 g/mol. The van der Waals surface area contributed by atoms with Crippen molar-refractivity contribution in [3.8, 4) is 0 Å². The lowest BCUT2D eigenvalue weighted by Gasteiger charge is -2.26. The Morgan fingerprint density at radius 3 is 2.61 bits per heavy atom. The fourth-order valence-electron chi connectivity index (χ4n) is 2.68. The highest BCUT2D eigenvalue weighted by molar-refractivity contribution is 6.31. The topological polar surface area (TPSA) is 35.9 Å². The molecule has 0 spiro atoms. The minimum Gasteiger partial charge on any atom is -0.330 e. The predicted octanol–water partition coefficient (Wildman–Crippen LogP) is 3.68. The van der Waals surface area contributed by atoms with Crippen molar-refractivity contribution in [1.82, 2.24) is 4.90 Å². The van der Waals surface area contributed by atoms with Crippen LogP contribution in [-0.2, 0) is 0 Å². The number of amides is 2. The number of aliphatic imine (C=N–C) groups is 1. The Kier molecular flexibility index (Phi) is 4.35. The first kappa shape index (κ1) is 15.6. The third kappa shape index (κ3) is 3.08. The molecular weight excluding hydrogens is 310 g/mol. The van der Waals surface area contributed by atoms with Gasteiger partial charge in [-0.15, -0.1) is 0 Å². The van der Waals surface area contributed by atoms with E-state index in [0.717, 1.165) is 22.5 Å². The summed E-state index contributed by atoms with van der Waals surface area (Å²) in [4.78, 5) is 20.6. The largest absolute Gasteiger partial charge is 0.330 e. The van der Waals surface area contributed by atoms with Gasteiger partial charge in [0.2, 0.25) is 0 Å². The minimum atomic E-state index is -0.0573. The van der Waals surface area contributed by atoms with Crippen LogP contribution in [0.4, 0.5) is 10.5 Å². The van der Waals surface area contributed by atoms with Crippen molar-refractivity contribution < 1.29 is 4.79 Å². The van der Waals surface area contributed by atoms with Crippen LogP contribution in [0.1, 0.15) is 11.1 Å². The maximum atomic E-state index is 12.5. The van der Waals surface area contributed by atoms with Crippen LogP contribution < -0.4 is 4.90 Å². The molecule has 3 rings (SSSR count). The molecule has 0 bridgehead atoms. The van der Waals surface area contributed by atoms with E-state index in [1.165, 1.54) is 0 Å². The van der Waals surface area contributed by atoms with E-state index in [1.807, 2.05) is 48.5 Å². The van der Waals surface area contributed by atoms with Gasteiger partial charge in [0.1, 0.15) is 0 Å². The fourth-order valence-corrected chi connectivity index (χ4v) is 2.86. The van der Waals surface area contributed by atoms with Crippen molar-refractivity contribution >= 4 is 29.0 Å². The van der Waals surface area contributed by atoms with E-state index < -0.39 is 0 Å². The molecule has 23 heavy (non-hydrogen) atoms. The molecular formula is C18H18ClN3O. The lowest BCUT2D eigenvalue weighted by atomic mass is 10.0. The van der Waals surface area contributed by atoms with Gasteiger partial charge >= 0.3 is 6.03 Å². The van der Waals surface area contributed by atoms with Crippen LogP contribution >= 0.6 is 11.6 Å². The summed E-state index contributed by atoms with van der Waals surface area (Å²) < 4.78 is 0. The van der Waals surface area contributed by atoms with Gasteiger partial charge in [-0.25, -0.2) is 4.79 Å². The van der Waals surface area contributed by atoms with E-state index >= 15 is 0 Å². The highest BCUT2D eigenvalue weighted by Gasteiger charge is 2.25. The van der Waals surface area contributed by atoms with Crippen LogP contribution in [0.3, 0.4) is 0 Å². The smallest absolute Gasteiger partial charge is 0.324 e. The number of carbonyl (C=O) groups is 1. The summed E-state index contributed by atoms with van der Waals surface area (Å²) in [6, 6.07) is 15.5. The standard InChI is InChI=1S/C18H18ClN3O/c1-21(2)18(23)22-11-10-20-17(13-6-4-3-5-7-13)15-12-14(19)8-9-16(15)22/h3-9,12H,10-11H2,1-2H3. The zero-order chi connectivity index (χ0) is 16.4. The van der Waals surface area contributed by atoms with E-state index in [9.17, 15) is 4.79 Å². The normalized spacial score (nSPS) is 13.9. The molecule has 1 aliphatic heterocycles. The molecule has 0 aromatic heterocycles. The average Bonchev–Trinajstić information content (AvgIpc) is 2.74. The second-order valence-corrected chi connectivity index (χ2v) is 6.02. The number of hydrogen-bond acceptors (Lipinski definition) is 2. The van der Waals surface area contributed by atoms with Gasteiger partial charge in [0.25, 0.3) is 0 Å². The van der Waals surface area contributed by atoms with Gasteiger partial charge in [-0.05, 0) is 18.2 Å². The van der Waals surface area contributed by atoms with Crippen LogP contribution in [0.2, 0.25) is 5.02 Å². The molecule has 118 valence electrons. The summed E-state index contributed by atoms with van der Waals surface area (Å²) in [5.74, 6) is 0. The first-order valence-electron chi connectivity index (χ1n) is 7.46. The molecule has 2 aromatic carbocycles. The molecule has 4 nitrogen and oxygen atoms in total. The number of carbonyl (C=O) groups excluding carboxylic acids is 1. The van der Waals surface area contributed by atoms with Gasteiger partial charge in [-0.2, -0.15) is 0 Å². The number of nitrogens with zero attached hydrogens (tertiary/aromatic N) is 3. The van der Waals surface area contributed by atoms with E-state index in [-0.39, 0.29) is 6.03 Å². The molecule has 1 heterocycles. The van der Waals surface area contributed by atoms with E-state index in [2.05, 4.69) is 0 Å². The predicted molar refractivity (Wildman–Crippen MR) is 94.8 cm³/mol. The second-order valence-electron chi connectivity index (χ2n) is 5.59. The Hall–Kier alpha value is -2.33. The van der Waals surface area contributed by atoms with Gasteiger partial charge in [0, 0.05) is 36.8 Å². The van der Waals surface area contributed by atoms with Crippen molar-refractivity contribution in [3.05, 3.63) is 64.7 Å². The fraction of sp³-hybridized carbons (Fsp3) is 0.222. The summed E-state index contributed by atoms with van der Waals surface area (Å²) in [6.07, 6.45) is 0. The number of benzene rings is 2. The molecule has 0 fully saturated rings. The number of anilines is 1. The summed E-state index contributed by atoms with van der Waals surface area (Å²) in [7, 11) is 3.50. The number of urea groups is 1. The third-order valence-corrected chi connectivity index (χ3v) is 3.99. The summed E-state index contributed by atoms with van der Waals surface area (Å²) >= 11 is 6.20. The van der Waals surface area contributed by atoms with Gasteiger partial charge in [0.15, 0.2) is 0 Å². The molecule has 0 radical (unpaired) electrons. The van der Waals surface area contributed by atoms with E-state index in [1.54, 1.807) is 23.9 Å². The van der Waals surface area contributed by atoms with Crippen molar-refractivity contribution in [2.45, 2.75) is 0 Å². The zero-order valence-corrected chi connectivity index (χ0v) is 13.9. The lowest BCUT2D eigenvalue weighted by molar-refractivity contribution is 0.224. The quantitative estimate of drug-likeness (QED) is 0.787. The first-order valence-corrected chi connectivity index (χ1v) is 7.84. The summed E-state index contributed by atoms with van der Waals surface area (Å²) in [5, 5.41) is 0.631. The molecule has 0 atom stereocenters. The maximum absolute atomic E-state index is 12.5. The second kappa shape index (κ2) is 6.42. The number of halogens is 1. The Morgan fingerprint density at radius 2 is 1.91 bits per heavy atom. The van der Waals surface area contributed by atoms with Crippen molar-refractivity contribution in [2.24, 2.45) is 4.99 Å². The summed E-state index contributed by atoms with van der Waals surface area (Å²) in [5.41, 5.74) is 3.62. The van der Waals surface area contributed by atoms with Crippen molar-refractivity contribution in [2.75, 3.05) is 32.1 Å². The van der Waals surface area contributed by atoms with Crippen LogP contribution in [-0.4, -0.2) is 43.8 Å². The Balaban J connectivity index is 2.14. The van der Waals surface area contributed by atoms with Gasteiger partial charge in [-0.1, -0.05) is 41.9 Å². The van der Waals surface area contributed by atoms with Crippen LogP contribution in [0.25, 0.3) is 0 Å². The van der Waals surface area contributed by atoms with Crippen LogP contribution in [0, 0.1) is 0 Å². The summed E-state index contributed by atoms with van der Waals surface area (Å²) in [6.45, 7) is 1.10. The highest BCUT2D eigenvalue weighted by atomic mass is 35.5. The molecule has 5 heteroatoms. The molecule has 0 saturated heterocycles. The first-order chi connectivity index (χ1) is 11.1. The molecule has 2 aromatic rings. The van der Waals surface area contributed by atoms with Crippen molar-refractivity contribution in [1.29, 1.82) is 0 Å². The van der Waals surface area contributed by atoms with E-state index in [4.69, 9.17) is 16.6 Å². The zero-order valence-electron chi connectivity index (χ0n) is 13.2. The third-order valence-electron chi connectivity index (χ3n) is 3.76. The average molecular weight is 328 g/mol. The Labute approximate surface area is 141 Å². The Morgan fingerprint density at radius 1 is 1.17 bits per heavy atom. The van der Waals surface area contributed by atoms with E-state index in [0.29, 0.717) is 18.1 Å². The molecule has 0 aliphatic carbocycles. The number of hydrogen-bond donors (Lipinski definition) is 0. The Bertz CT molecular complexity index is 756. The van der Waals surface area contributed by atoms with Crippen molar-refractivity contribution in [3.63, 3.8) is 0 Å². The SMILES string of the molecule is CN(C)C(=O)N1CCN=C(c2ccccc2)c2cc(Cl)ccc21. The highest BCUT2D eigenvalue weighted by Crippen LogP contribution is 2.29. The molecule has 0 unspecified atom stereocenters. The lowest BCUT2D eigenvalue weighted by Crippen LogP contribution is -2.40. The van der Waals surface area contributed by atoms with Gasteiger partial charge < -0.3 is 4.90 Å². The van der Waals surface area contributed by atoms with Crippen LogP contribution in [0.5, 0.6) is 0 Å². The molecule has 0 saturated carbocycles. The number of fused-ring (bicyclic) bond motifs is 1.